The lowest BCUT2D eigenvalue weighted by Crippen LogP contribution is -2.41. The van der Waals surface area contributed by atoms with E-state index in [-0.39, 0.29) is 11.1 Å². The first-order chi connectivity index (χ1) is 6.15. The molecule has 0 aromatic rings. The molecule has 2 nitrogen and oxygen atoms in total. The van der Waals surface area contributed by atoms with E-state index in [2.05, 4.69) is 6.92 Å². The van der Waals surface area contributed by atoms with Crippen molar-refractivity contribution in [3.8, 4) is 0 Å². The van der Waals surface area contributed by atoms with Gasteiger partial charge in [0.25, 0.3) is 0 Å². The minimum absolute atomic E-state index is 0.00215. The summed E-state index contributed by atoms with van der Waals surface area (Å²) in [4.78, 5) is 0. The Morgan fingerprint density at radius 2 is 1.46 bits per heavy atom. The highest BCUT2D eigenvalue weighted by Gasteiger charge is 2.70. The van der Waals surface area contributed by atoms with E-state index in [4.69, 9.17) is 11.5 Å². The normalized spacial score (nSPS) is 50.5. The summed E-state index contributed by atoms with van der Waals surface area (Å²) in [6, 6.07) is 0. The highest BCUT2D eigenvalue weighted by atomic mass is 15.1. The molecule has 0 saturated heterocycles. The summed E-state index contributed by atoms with van der Waals surface area (Å²) in [6.07, 6.45) is 8.74. The Morgan fingerprint density at radius 1 is 1.00 bits per heavy atom. The van der Waals surface area contributed by atoms with E-state index in [0.29, 0.717) is 5.92 Å². The zero-order valence-corrected chi connectivity index (χ0v) is 8.68. The minimum atomic E-state index is 0.00215. The van der Waals surface area contributed by atoms with Crippen LogP contribution in [0.1, 0.15) is 51.9 Å². The predicted molar refractivity (Wildman–Crippen MR) is 55.3 cm³/mol. The summed E-state index contributed by atoms with van der Waals surface area (Å²) < 4.78 is 0. The Labute approximate surface area is 81.1 Å². The second kappa shape index (κ2) is 2.96. The average molecular weight is 182 g/mol. The molecule has 4 N–H and O–H groups in total. The van der Waals surface area contributed by atoms with E-state index in [1.54, 1.807) is 0 Å². The first-order valence-corrected chi connectivity index (χ1v) is 5.73. The predicted octanol–water partition coefficient (Wildman–Crippen LogP) is 1.78. The van der Waals surface area contributed by atoms with Crippen LogP contribution in [0.25, 0.3) is 0 Å². The van der Waals surface area contributed by atoms with Gasteiger partial charge in [-0.25, -0.2) is 0 Å². The SMILES string of the molecule is CCC1C2(N)CCCCCCC12N. The lowest BCUT2D eigenvalue weighted by Gasteiger charge is -2.21. The largest absolute Gasteiger partial charge is 0.323 e. The van der Waals surface area contributed by atoms with Crippen LogP contribution in [0.2, 0.25) is 0 Å². The number of hydrogen-bond acceptors (Lipinski definition) is 2. The number of hydrogen-bond donors (Lipinski definition) is 2. The summed E-state index contributed by atoms with van der Waals surface area (Å²) in [7, 11) is 0. The van der Waals surface area contributed by atoms with E-state index < -0.39 is 0 Å². The highest BCUT2D eigenvalue weighted by molar-refractivity contribution is 5.30. The van der Waals surface area contributed by atoms with Gasteiger partial charge < -0.3 is 11.5 Å². The van der Waals surface area contributed by atoms with Gasteiger partial charge >= 0.3 is 0 Å². The van der Waals surface area contributed by atoms with E-state index in [1.807, 2.05) is 0 Å². The summed E-state index contributed by atoms with van der Waals surface area (Å²) in [5.41, 5.74) is 12.8. The van der Waals surface area contributed by atoms with Crippen LogP contribution < -0.4 is 11.5 Å². The van der Waals surface area contributed by atoms with Crippen LogP contribution in [0.4, 0.5) is 0 Å². The van der Waals surface area contributed by atoms with Gasteiger partial charge in [-0.1, -0.05) is 32.6 Å². The van der Waals surface area contributed by atoms with E-state index in [9.17, 15) is 0 Å². The molecule has 13 heavy (non-hydrogen) atoms. The summed E-state index contributed by atoms with van der Waals surface area (Å²) in [5, 5.41) is 0. The molecule has 0 aromatic heterocycles. The third kappa shape index (κ3) is 1.15. The van der Waals surface area contributed by atoms with Crippen molar-refractivity contribution < 1.29 is 0 Å². The molecule has 2 saturated carbocycles. The molecule has 0 aliphatic heterocycles. The lowest BCUT2D eigenvalue weighted by atomic mass is 9.94. The fourth-order valence-electron chi connectivity index (χ4n) is 3.48. The van der Waals surface area contributed by atoms with E-state index >= 15 is 0 Å². The van der Waals surface area contributed by atoms with Gasteiger partial charge in [0.15, 0.2) is 0 Å². The fraction of sp³-hybridized carbons (Fsp3) is 1.00. The summed E-state index contributed by atoms with van der Waals surface area (Å²) >= 11 is 0. The molecule has 2 unspecified atom stereocenters. The topological polar surface area (TPSA) is 52.0 Å². The second-order valence-electron chi connectivity index (χ2n) is 4.96. The number of rotatable bonds is 1. The first kappa shape index (κ1) is 9.47. The van der Waals surface area contributed by atoms with Gasteiger partial charge in [-0.15, -0.1) is 0 Å². The molecule has 0 bridgehead atoms. The maximum atomic E-state index is 6.39. The standard InChI is InChI=1S/C11H22N2/c1-2-9-10(12)7-5-3-4-6-8-11(9,10)13/h9H,2-8,12-13H2,1H3. The van der Waals surface area contributed by atoms with Gasteiger partial charge in [-0.2, -0.15) is 0 Å². The molecule has 2 heteroatoms. The Balaban J connectivity index is 2.12. The van der Waals surface area contributed by atoms with Crippen molar-refractivity contribution in [3.63, 3.8) is 0 Å². The van der Waals surface area contributed by atoms with Crippen LogP contribution in [-0.4, -0.2) is 11.1 Å². The van der Waals surface area contributed by atoms with Crippen molar-refractivity contribution in [2.45, 2.75) is 62.9 Å². The summed E-state index contributed by atoms with van der Waals surface area (Å²) in [5.74, 6) is 0.595. The van der Waals surface area contributed by atoms with Gasteiger partial charge in [0, 0.05) is 11.1 Å². The maximum absolute atomic E-state index is 6.39. The zero-order valence-electron chi connectivity index (χ0n) is 8.68. The Kier molecular flexibility index (Phi) is 2.16. The third-order valence-electron chi connectivity index (χ3n) is 4.37. The van der Waals surface area contributed by atoms with Crippen LogP contribution in [0.5, 0.6) is 0 Å². The summed E-state index contributed by atoms with van der Waals surface area (Å²) in [6.45, 7) is 2.22. The van der Waals surface area contributed by atoms with Crippen molar-refractivity contribution in [2.24, 2.45) is 17.4 Å². The van der Waals surface area contributed by atoms with Crippen molar-refractivity contribution in [2.75, 3.05) is 0 Å². The van der Waals surface area contributed by atoms with Gasteiger partial charge in [-0.05, 0) is 25.2 Å². The molecule has 76 valence electrons. The first-order valence-electron chi connectivity index (χ1n) is 5.73. The van der Waals surface area contributed by atoms with Crippen molar-refractivity contribution in [1.82, 2.24) is 0 Å². The van der Waals surface area contributed by atoms with Crippen LogP contribution in [0.3, 0.4) is 0 Å². The number of fused-ring (bicyclic) bond motifs is 1. The zero-order chi connectivity index (χ0) is 9.53. The molecule has 2 fully saturated rings. The van der Waals surface area contributed by atoms with E-state index in [0.717, 1.165) is 19.3 Å². The van der Waals surface area contributed by atoms with Crippen LogP contribution in [0, 0.1) is 5.92 Å². The minimum Gasteiger partial charge on any atom is -0.323 e. The highest BCUT2D eigenvalue weighted by Crippen LogP contribution is 2.58. The molecule has 0 amide bonds. The molecule has 2 atom stereocenters. The molecule has 2 aliphatic carbocycles. The molecule has 0 heterocycles. The van der Waals surface area contributed by atoms with Gasteiger partial charge in [0.2, 0.25) is 0 Å². The van der Waals surface area contributed by atoms with Crippen LogP contribution >= 0.6 is 0 Å². The Morgan fingerprint density at radius 3 is 1.85 bits per heavy atom. The molecular formula is C11H22N2. The fourth-order valence-corrected chi connectivity index (χ4v) is 3.48. The van der Waals surface area contributed by atoms with Gasteiger partial charge in [-0.3, -0.25) is 0 Å². The van der Waals surface area contributed by atoms with Crippen molar-refractivity contribution in [1.29, 1.82) is 0 Å². The Bertz CT molecular complexity index is 184. The third-order valence-corrected chi connectivity index (χ3v) is 4.37. The molecule has 2 aliphatic rings. The average Bonchev–Trinajstić information content (AvgIpc) is 2.51. The quantitative estimate of drug-likeness (QED) is 0.649. The van der Waals surface area contributed by atoms with Crippen LogP contribution in [0.15, 0.2) is 0 Å². The van der Waals surface area contributed by atoms with Crippen molar-refractivity contribution >= 4 is 0 Å². The molecule has 0 aromatic carbocycles. The molecular weight excluding hydrogens is 160 g/mol. The maximum Gasteiger partial charge on any atom is 0.0387 e. The smallest absolute Gasteiger partial charge is 0.0387 e. The van der Waals surface area contributed by atoms with E-state index in [1.165, 1.54) is 25.7 Å². The molecule has 0 radical (unpaired) electrons. The lowest BCUT2D eigenvalue weighted by molar-refractivity contribution is 0.403. The number of nitrogens with two attached hydrogens (primary N) is 2. The Hall–Kier alpha value is -0.0800. The van der Waals surface area contributed by atoms with Gasteiger partial charge in [0.05, 0.1) is 0 Å². The van der Waals surface area contributed by atoms with Crippen LogP contribution in [-0.2, 0) is 0 Å². The monoisotopic (exact) mass is 182 g/mol. The van der Waals surface area contributed by atoms with Crippen molar-refractivity contribution in [3.05, 3.63) is 0 Å². The molecule has 2 rings (SSSR count). The second-order valence-corrected chi connectivity index (χ2v) is 4.96. The van der Waals surface area contributed by atoms with Gasteiger partial charge in [0.1, 0.15) is 0 Å². The molecule has 0 spiro atoms.